The molecule has 0 radical (unpaired) electrons. The lowest BCUT2D eigenvalue weighted by Gasteiger charge is -2.12. The fourth-order valence-corrected chi connectivity index (χ4v) is 2.15. The van der Waals surface area contributed by atoms with Crippen molar-refractivity contribution in [2.45, 2.75) is 18.5 Å². The molecule has 0 bridgehead atoms. The highest BCUT2D eigenvalue weighted by atomic mass is 19.4. The summed E-state index contributed by atoms with van der Waals surface area (Å²) in [4.78, 5) is 2.20. The Kier molecular flexibility index (Phi) is 2.93. The predicted molar refractivity (Wildman–Crippen MR) is 56.3 cm³/mol. The van der Waals surface area contributed by atoms with Gasteiger partial charge in [0, 0.05) is 6.54 Å². The SMILES string of the molecule is CN1CCC(c2ccc(C(F)(F)F)cc2)C1. The summed E-state index contributed by atoms with van der Waals surface area (Å²) < 4.78 is 37.1. The molecule has 0 saturated carbocycles. The number of hydrogen-bond acceptors (Lipinski definition) is 1. The smallest absolute Gasteiger partial charge is 0.306 e. The van der Waals surface area contributed by atoms with E-state index >= 15 is 0 Å². The minimum absolute atomic E-state index is 0.382. The molecule has 4 heteroatoms. The van der Waals surface area contributed by atoms with Crippen LogP contribution >= 0.6 is 0 Å². The summed E-state index contributed by atoms with van der Waals surface area (Å²) in [6.45, 7) is 1.96. The summed E-state index contributed by atoms with van der Waals surface area (Å²) in [7, 11) is 2.03. The second-order valence-electron chi connectivity index (χ2n) is 4.37. The van der Waals surface area contributed by atoms with Crippen LogP contribution in [0.15, 0.2) is 24.3 Å². The van der Waals surface area contributed by atoms with Crippen molar-refractivity contribution in [3.63, 3.8) is 0 Å². The van der Waals surface area contributed by atoms with Gasteiger partial charge in [-0.25, -0.2) is 0 Å². The number of benzene rings is 1. The largest absolute Gasteiger partial charge is 0.416 e. The zero-order chi connectivity index (χ0) is 11.8. The van der Waals surface area contributed by atoms with Crippen molar-refractivity contribution < 1.29 is 13.2 Å². The standard InChI is InChI=1S/C12H14F3N/c1-16-7-6-10(8-16)9-2-4-11(5-3-9)12(13,14)15/h2-5,10H,6-8H2,1H3. The van der Waals surface area contributed by atoms with Gasteiger partial charge in [-0.2, -0.15) is 13.2 Å². The van der Waals surface area contributed by atoms with Gasteiger partial charge in [-0.3, -0.25) is 0 Å². The fourth-order valence-electron chi connectivity index (χ4n) is 2.15. The van der Waals surface area contributed by atoms with Crippen molar-refractivity contribution in [2.75, 3.05) is 20.1 Å². The fraction of sp³-hybridized carbons (Fsp3) is 0.500. The topological polar surface area (TPSA) is 3.24 Å². The number of nitrogens with zero attached hydrogens (tertiary/aromatic N) is 1. The normalized spacial score (nSPS) is 22.6. The zero-order valence-electron chi connectivity index (χ0n) is 9.09. The molecule has 1 fully saturated rings. The Morgan fingerprint density at radius 2 is 1.81 bits per heavy atom. The first-order valence-electron chi connectivity index (χ1n) is 5.32. The minimum Gasteiger partial charge on any atom is -0.306 e. The van der Waals surface area contributed by atoms with Gasteiger partial charge in [0.2, 0.25) is 0 Å². The monoisotopic (exact) mass is 229 g/mol. The number of rotatable bonds is 1. The summed E-state index contributed by atoms with van der Waals surface area (Å²) in [5.74, 6) is 0.382. The van der Waals surface area contributed by atoms with Crippen molar-refractivity contribution in [1.82, 2.24) is 4.90 Å². The van der Waals surface area contributed by atoms with Gasteiger partial charge in [-0.05, 0) is 43.6 Å². The molecule has 1 aliphatic heterocycles. The van der Waals surface area contributed by atoms with Gasteiger partial charge in [0.05, 0.1) is 5.56 Å². The maximum absolute atomic E-state index is 12.4. The van der Waals surface area contributed by atoms with Crippen LogP contribution in [0.2, 0.25) is 0 Å². The lowest BCUT2D eigenvalue weighted by atomic mass is 9.97. The van der Waals surface area contributed by atoms with E-state index in [2.05, 4.69) is 4.90 Å². The Hall–Kier alpha value is -1.03. The lowest BCUT2D eigenvalue weighted by Crippen LogP contribution is -2.13. The van der Waals surface area contributed by atoms with Crippen LogP contribution in [0.3, 0.4) is 0 Å². The van der Waals surface area contributed by atoms with Gasteiger partial charge in [0.25, 0.3) is 0 Å². The average Bonchev–Trinajstić information content (AvgIpc) is 2.64. The Morgan fingerprint density at radius 3 is 2.25 bits per heavy atom. The molecule has 0 aromatic heterocycles. The molecular weight excluding hydrogens is 215 g/mol. The summed E-state index contributed by atoms with van der Waals surface area (Å²) in [5.41, 5.74) is 0.444. The molecule has 88 valence electrons. The van der Waals surface area contributed by atoms with E-state index < -0.39 is 11.7 Å². The predicted octanol–water partition coefficient (Wildman–Crippen LogP) is 3.12. The molecule has 0 N–H and O–H groups in total. The van der Waals surface area contributed by atoms with E-state index in [-0.39, 0.29) is 0 Å². The number of alkyl halides is 3. The summed E-state index contributed by atoms with van der Waals surface area (Å²) >= 11 is 0. The van der Waals surface area contributed by atoms with E-state index in [9.17, 15) is 13.2 Å². The van der Waals surface area contributed by atoms with Crippen LogP contribution in [0.25, 0.3) is 0 Å². The van der Waals surface area contributed by atoms with Crippen LogP contribution in [-0.2, 0) is 6.18 Å². The molecule has 1 aromatic rings. The van der Waals surface area contributed by atoms with Crippen molar-refractivity contribution in [3.8, 4) is 0 Å². The van der Waals surface area contributed by atoms with E-state index in [1.165, 1.54) is 12.1 Å². The Labute approximate surface area is 92.9 Å². The first-order chi connectivity index (χ1) is 7.47. The second kappa shape index (κ2) is 4.09. The Balaban J connectivity index is 2.14. The molecule has 0 amide bonds. The molecule has 1 atom stereocenters. The van der Waals surface area contributed by atoms with Gasteiger partial charge in [-0.1, -0.05) is 12.1 Å². The highest BCUT2D eigenvalue weighted by Crippen LogP contribution is 2.32. The summed E-state index contributed by atoms with van der Waals surface area (Å²) in [5, 5.41) is 0. The van der Waals surface area contributed by atoms with Crippen LogP contribution in [0.4, 0.5) is 13.2 Å². The minimum atomic E-state index is -4.23. The third-order valence-corrected chi connectivity index (χ3v) is 3.10. The molecule has 0 aliphatic carbocycles. The first-order valence-corrected chi connectivity index (χ1v) is 5.32. The molecule has 1 aliphatic rings. The molecule has 2 rings (SSSR count). The van der Waals surface area contributed by atoms with Gasteiger partial charge in [-0.15, -0.1) is 0 Å². The van der Waals surface area contributed by atoms with Crippen molar-refractivity contribution in [3.05, 3.63) is 35.4 Å². The van der Waals surface area contributed by atoms with Gasteiger partial charge in [0.1, 0.15) is 0 Å². The lowest BCUT2D eigenvalue weighted by molar-refractivity contribution is -0.137. The van der Waals surface area contributed by atoms with Crippen molar-refractivity contribution in [1.29, 1.82) is 0 Å². The van der Waals surface area contributed by atoms with Gasteiger partial charge >= 0.3 is 6.18 Å². The molecule has 1 unspecified atom stereocenters. The Bertz CT molecular complexity index is 356. The number of hydrogen-bond donors (Lipinski definition) is 0. The molecule has 1 nitrogen and oxygen atoms in total. The second-order valence-corrected chi connectivity index (χ2v) is 4.37. The molecule has 0 spiro atoms. The molecule has 16 heavy (non-hydrogen) atoms. The van der Waals surface area contributed by atoms with Crippen LogP contribution in [0.5, 0.6) is 0 Å². The quantitative estimate of drug-likeness (QED) is 0.715. The molecular formula is C12H14F3N. The van der Waals surface area contributed by atoms with Crippen LogP contribution in [-0.4, -0.2) is 25.0 Å². The van der Waals surface area contributed by atoms with E-state index in [0.717, 1.165) is 25.1 Å². The zero-order valence-corrected chi connectivity index (χ0v) is 9.09. The maximum Gasteiger partial charge on any atom is 0.416 e. The van der Waals surface area contributed by atoms with E-state index in [0.29, 0.717) is 5.92 Å². The molecule has 1 saturated heterocycles. The first kappa shape index (κ1) is 11.5. The van der Waals surface area contributed by atoms with Crippen molar-refractivity contribution >= 4 is 0 Å². The molecule has 1 aromatic carbocycles. The highest BCUT2D eigenvalue weighted by Gasteiger charge is 2.30. The van der Waals surface area contributed by atoms with E-state index in [1.807, 2.05) is 7.05 Å². The highest BCUT2D eigenvalue weighted by molar-refractivity contribution is 5.27. The third-order valence-electron chi connectivity index (χ3n) is 3.10. The average molecular weight is 229 g/mol. The summed E-state index contributed by atoms with van der Waals surface area (Å²) in [6, 6.07) is 5.56. The number of likely N-dealkylation sites (N-methyl/N-ethyl adjacent to an activating group) is 1. The van der Waals surface area contributed by atoms with Gasteiger partial charge < -0.3 is 4.90 Å². The number of halogens is 3. The van der Waals surface area contributed by atoms with Crippen LogP contribution < -0.4 is 0 Å². The van der Waals surface area contributed by atoms with Crippen LogP contribution in [0.1, 0.15) is 23.5 Å². The van der Waals surface area contributed by atoms with Gasteiger partial charge in [0.15, 0.2) is 0 Å². The maximum atomic E-state index is 12.4. The van der Waals surface area contributed by atoms with E-state index in [4.69, 9.17) is 0 Å². The van der Waals surface area contributed by atoms with Crippen LogP contribution in [0, 0.1) is 0 Å². The Morgan fingerprint density at radius 1 is 1.19 bits per heavy atom. The number of likely N-dealkylation sites (tertiary alicyclic amines) is 1. The molecule has 1 heterocycles. The third kappa shape index (κ3) is 2.38. The summed E-state index contributed by atoms with van der Waals surface area (Å²) in [6.07, 6.45) is -3.20. The van der Waals surface area contributed by atoms with Crippen molar-refractivity contribution in [2.24, 2.45) is 0 Å². The van der Waals surface area contributed by atoms with E-state index in [1.54, 1.807) is 12.1 Å².